The van der Waals surface area contributed by atoms with Crippen molar-refractivity contribution in [2.24, 2.45) is 0 Å². The van der Waals surface area contributed by atoms with Gasteiger partial charge in [-0.05, 0) is 19.9 Å². The van der Waals surface area contributed by atoms with Crippen LogP contribution in [-0.2, 0) is 12.0 Å². The minimum Gasteiger partial charge on any atom is -0.315 e. The number of nitrogens with zero attached hydrogens (tertiary/aromatic N) is 1. The Labute approximate surface area is 122 Å². The largest absolute Gasteiger partial charge is 0.315 e. The highest BCUT2D eigenvalue weighted by atomic mass is 32.1. The number of thiazole rings is 1. The lowest BCUT2D eigenvalue weighted by Crippen LogP contribution is -2.16. The van der Waals surface area contributed by atoms with Gasteiger partial charge >= 0.3 is 0 Å². The number of aromatic nitrogens is 1. The molecule has 0 atom stereocenters. The first-order valence-corrected chi connectivity index (χ1v) is 8.48. The zero-order valence-corrected chi connectivity index (χ0v) is 13.7. The van der Waals surface area contributed by atoms with Crippen LogP contribution >= 0.6 is 11.3 Å². The monoisotopic (exact) mass is 280 g/mol. The standard InChI is InChI=1S/C16H28N2S/c1-16(2,3)14-13(11-17-4)19-15(18-14)12-9-7-5-6-8-10-12/h12,17H,5-11H2,1-4H3. The van der Waals surface area contributed by atoms with Gasteiger partial charge in [0.1, 0.15) is 0 Å². The molecule has 2 nitrogen and oxygen atoms in total. The normalized spacial score (nSPS) is 18.5. The predicted octanol–water partition coefficient (Wildman–Crippen LogP) is 4.60. The summed E-state index contributed by atoms with van der Waals surface area (Å²) in [5.74, 6) is 0.721. The first-order valence-electron chi connectivity index (χ1n) is 7.67. The first kappa shape index (κ1) is 15.0. The van der Waals surface area contributed by atoms with Crippen LogP contribution in [0.1, 0.15) is 80.8 Å². The third kappa shape index (κ3) is 3.79. The maximum absolute atomic E-state index is 5.04. The molecule has 1 aromatic rings. The van der Waals surface area contributed by atoms with Gasteiger partial charge in [0.15, 0.2) is 0 Å². The van der Waals surface area contributed by atoms with Crippen LogP contribution < -0.4 is 5.32 Å². The van der Waals surface area contributed by atoms with Crippen LogP contribution in [0.25, 0.3) is 0 Å². The van der Waals surface area contributed by atoms with E-state index in [0.29, 0.717) is 0 Å². The van der Waals surface area contributed by atoms with E-state index in [-0.39, 0.29) is 5.41 Å². The molecule has 0 unspecified atom stereocenters. The van der Waals surface area contributed by atoms with Gasteiger partial charge in [-0.25, -0.2) is 4.98 Å². The summed E-state index contributed by atoms with van der Waals surface area (Å²) in [6.07, 6.45) is 8.29. The van der Waals surface area contributed by atoms with Gasteiger partial charge in [-0.2, -0.15) is 0 Å². The van der Waals surface area contributed by atoms with Crippen LogP contribution in [0.4, 0.5) is 0 Å². The number of nitrogens with one attached hydrogen (secondary N) is 1. The van der Waals surface area contributed by atoms with Gasteiger partial charge in [-0.3, -0.25) is 0 Å². The number of hydrogen-bond acceptors (Lipinski definition) is 3. The third-order valence-electron chi connectivity index (χ3n) is 3.97. The quantitative estimate of drug-likeness (QED) is 0.819. The molecule has 2 rings (SSSR count). The Morgan fingerprint density at radius 3 is 2.32 bits per heavy atom. The van der Waals surface area contributed by atoms with E-state index in [1.165, 1.54) is 54.1 Å². The van der Waals surface area contributed by atoms with Gasteiger partial charge in [0.05, 0.1) is 10.7 Å². The highest BCUT2D eigenvalue weighted by Gasteiger charge is 2.26. The molecule has 0 spiro atoms. The minimum absolute atomic E-state index is 0.158. The minimum atomic E-state index is 0.158. The Balaban J connectivity index is 2.25. The van der Waals surface area contributed by atoms with Crippen LogP contribution in [0, 0.1) is 0 Å². The van der Waals surface area contributed by atoms with Gasteiger partial charge in [0.2, 0.25) is 0 Å². The van der Waals surface area contributed by atoms with Crippen molar-refractivity contribution in [1.82, 2.24) is 10.3 Å². The molecule has 0 aliphatic heterocycles. The molecule has 1 saturated carbocycles. The topological polar surface area (TPSA) is 24.9 Å². The smallest absolute Gasteiger partial charge is 0.0962 e. The van der Waals surface area contributed by atoms with Gasteiger partial charge in [0.25, 0.3) is 0 Å². The zero-order valence-electron chi connectivity index (χ0n) is 12.9. The summed E-state index contributed by atoms with van der Waals surface area (Å²) in [4.78, 5) is 6.48. The SMILES string of the molecule is CNCc1sc(C2CCCCCC2)nc1C(C)(C)C. The van der Waals surface area contributed by atoms with Crippen LogP contribution in [0.5, 0.6) is 0 Å². The summed E-state index contributed by atoms with van der Waals surface area (Å²) in [5, 5.41) is 4.70. The molecule has 3 heteroatoms. The Kier molecular flexibility index (Phi) is 5.02. The molecule has 0 aromatic carbocycles. The van der Waals surface area contributed by atoms with Gasteiger partial charge in [-0.15, -0.1) is 11.3 Å². The highest BCUT2D eigenvalue weighted by molar-refractivity contribution is 7.11. The predicted molar refractivity (Wildman–Crippen MR) is 84.0 cm³/mol. The molecule has 0 saturated heterocycles. The van der Waals surface area contributed by atoms with Crippen molar-refractivity contribution in [3.8, 4) is 0 Å². The summed E-state index contributed by atoms with van der Waals surface area (Å²) in [6.45, 7) is 7.78. The van der Waals surface area contributed by atoms with Crippen molar-refractivity contribution in [2.75, 3.05) is 7.05 Å². The molecule has 1 aliphatic rings. The Morgan fingerprint density at radius 1 is 1.16 bits per heavy atom. The molecule has 0 bridgehead atoms. The lowest BCUT2D eigenvalue weighted by atomic mass is 9.91. The van der Waals surface area contributed by atoms with Gasteiger partial charge in [0, 0.05) is 22.8 Å². The van der Waals surface area contributed by atoms with E-state index in [1.807, 2.05) is 18.4 Å². The van der Waals surface area contributed by atoms with Crippen molar-refractivity contribution >= 4 is 11.3 Å². The fourth-order valence-corrected chi connectivity index (χ4v) is 4.39. The summed E-state index contributed by atoms with van der Waals surface area (Å²) in [5.41, 5.74) is 1.47. The highest BCUT2D eigenvalue weighted by Crippen LogP contribution is 2.38. The van der Waals surface area contributed by atoms with Crippen LogP contribution in [0.15, 0.2) is 0 Å². The second kappa shape index (κ2) is 6.36. The van der Waals surface area contributed by atoms with Crippen molar-refractivity contribution in [1.29, 1.82) is 0 Å². The van der Waals surface area contributed by atoms with Crippen LogP contribution in [0.2, 0.25) is 0 Å². The van der Waals surface area contributed by atoms with E-state index in [2.05, 4.69) is 26.1 Å². The lowest BCUT2D eigenvalue weighted by molar-refractivity contribution is 0.547. The zero-order chi connectivity index (χ0) is 13.9. The summed E-state index contributed by atoms with van der Waals surface area (Å²) >= 11 is 1.95. The molecular formula is C16H28N2S. The molecule has 1 N–H and O–H groups in total. The van der Waals surface area contributed by atoms with Gasteiger partial charge < -0.3 is 5.32 Å². The molecule has 108 valence electrons. The number of rotatable bonds is 3. The van der Waals surface area contributed by atoms with Crippen LogP contribution in [-0.4, -0.2) is 12.0 Å². The average molecular weight is 280 g/mol. The molecule has 0 radical (unpaired) electrons. The van der Waals surface area contributed by atoms with E-state index in [4.69, 9.17) is 4.98 Å². The first-order chi connectivity index (χ1) is 9.02. The number of hydrogen-bond donors (Lipinski definition) is 1. The maximum atomic E-state index is 5.04. The fourth-order valence-electron chi connectivity index (χ4n) is 2.94. The average Bonchev–Trinajstić information content (AvgIpc) is 2.59. The summed E-state index contributed by atoms with van der Waals surface area (Å²) < 4.78 is 0. The van der Waals surface area contributed by atoms with Crippen molar-refractivity contribution < 1.29 is 0 Å². The second-order valence-corrected chi connectivity index (χ2v) is 7.91. The van der Waals surface area contributed by atoms with Gasteiger partial charge in [-0.1, -0.05) is 46.5 Å². The van der Waals surface area contributed by atoms with E-state index < -0.39 is 0 Å². The third-order valence-corrected chi connectivity index (χ3v) is 5.18. The molecule has 1 heterocycles. The molecular weight excluding hydrogens is 252 g/mol. The maximum Gasteiger partial charge on any atom is 0.0962 e. The van der Waals surface area contributed by atoms with E-state index in [1.54, 1.807) is 0 Å². The van der Waals surface area contributed by atoms with Crippen molar-refractivity contribution in [2.45, 2.75) is 77.2 Å². The molecule has 0 amide bonds. The Hall–Kier alpha value is -0.410. The summed E-state index contributed by atoms with van der Waals surface area (Å²) in [7, 11) is 2.03. The molecule has 1 aliphatic carbocycles. The van der Waals surface area contributed by atoms with E-state index in [9.17, 15) is 0 Å². The van der Waals surface area contributed by atoms with Crippen molar-refractivity contribution in [3.05, 3.63) is 15.6 Å². The Bertz CT molecular complexity index is 395. The van der Waals surface area contributed by atoms with Crippen molar-refractivity contribution in [3.63, 3.8) is 0 Å². The van der Waals surface area contributed by atoms with E-state index >= 15 is 0 Å². The van der Waals surface area contributed by atoms with Crippen LogP contribution in [0.3, 0.4) is 0 Å². The summed E-state index contributed by atoms with van der Waals surface area (Å²) in [6, 6.07) is 0. The molecule has 1 aromatic heterocycles. The second-order valence-electron chi connectivity index (χ2n) is 6.79. The van der Waals surface area contributed by atoms with E-state index in [0.717, 1.165) is 12.5 Å². The lowest BCUT2D eigenvalue weighted by Gasteiger charge is -2.17. The molecule has 19 heavy (non-hydrogen) atoms. The molecule has 1 fully saturated rings. The Morgan fingerprint density at radius 2 is 1.79 bits per heavy atom. The fraction of sp³-hybridized carbons (Fsp3) is 0.812.